The summed E-state index contributed by atoms with van der Waals surface area (Å²) in [5.74, 6) is -0.143. The first kappa shape index (κ1) is 20.2. The minimum atomic E-state index is -0.476. The quantitative estimate of drug-likeness (QED) is 0.310. The zero-order valence-corrected chi connectivity index (χ0v) is 16.7. The Morgan fingerprint density at radius 3 is 2.25 bits per heavy atom. The lowest BCUT2D eigenvalue weighted by Crippen LogP contribution is -1.97. The zero-order chi connectivity index (χ0) is 20.1. The highest BCUT2D eigenvalue weighted by Gasteiger charge is 2.12. The third-order valence-electron chi connectivity index (χ3n) is 3.91. The number of hydrogen-bond acceptors (Lipinski definition) is 2. The lowest BCUT2D eigenvalue weighted by molar-refractivity contribution is 0.306. The van der Waals surface area contributed by atoms with Crippen molar-refractivity contribution in [3.05, 3.63) is 98.2 Å². The highest BCUT2D eigenvalue weighted by Crippen LogP contribution is 2.36. The van der Waals surface area contributed by atoms with Crippen LogP contribution in [0.25, 0.3) is 11.6 Å². The molecule has 3 aromatic carbocycles. The van der Waals surface area contributed by atoms with E-state index in [2.05, 4.69) is 0 Å². The van der Waals surface area contributed by atoms with Crippen LogP contribution in [-0.4, -0.2) is 0 Å². The van der Waals surface area contributed by atoms with Gasteiger partial charge in [0, 0.05) is 10.6 Å². The highest BCUT2D eigenvalue weighted by atomic mass is 35.5. The van der Waals surface area contributed by atoms with Crippen LogP contribution in [0.1, 0.15) is 16.7 Å². The average molecular weight is 433 g/mol. The molecule has 0 unspecified atom stereocenters. The van der Waals surface area contributed by atoms with Crippen molar-refractivity contribution < 1.29 is 9.13 Å². The number of nitriles is 1. The van der Waals surface area contributed by atoms with Gasteiger partial charge in [-0.2, -0.15) is 5.26 Å². The molecule has 0 heterocycles. The summed E-state index contributed by atoms with van der Waals surface area (Å²) >= 11 is 18.5. The molecule has 0 spiro atoms. The maximum atomic E-state index is 14.0. The predicted octanol–water partition coefficient (Wildman–Crippen LogP) is 7.43. The first-order chi connectivity index (χ1) is 13.5. The maximum Gasteiger partial charge on any atom is 0.157 e. The molecular formula is C22H13Cl3FNO. The number of halogens is 4. The molecule has 0 saturated heterocycles. The first-order valence-corrected chi connectivity index (χ1v) is 9.34. The van der Waals surface area contributed by atoms with Crippen molar-refractivity contribution in [3.8, 4) is 11.8 Å². The normalized spacial score (nSPS) is 11.2. The lowest BCUT2D eigenvalue weighted by atomic mass is 10.0. The molecule has 0 bridgehead atoms. The van der Waals surface area contributed by atoms with Crippen LogP contribution in [0.2, 0.25) is 15.1 Å². The SMILES string of the molecule is N#CC(=Cc1cc(Cl)c(OCc2ccc(Cl)cc2)c(Cl)c1)c1ccccc1F. The summed E-state index contributed by atoms with van der Waals surface area (Å²) in [5.41, 5.74) is 1.85. The monoisotopic (exact) mass is 431 g/mol. The van der Waals surface area contributed by atoms with E-state index in [4.69, 9.17) is 39.5 Å². The molecule has 0 aromatic heterocycles. The Morgan fingerprint density at radius 2 is 1.64 bits per heavy atom. The van der Waals surface area contributed by atoms with Gasteiger partial charge in [-0.15, -0.1) is 0 Å². The van der Waals surface area contributed by atoms with Gasteiger partial charge in [0.05, 0.1) is 21.7 Å². The molecule has 0 amide bonds. The molecule has 0 aliphatic heterocycles. The van der Waals surface area contributed by atoms with Gasteiger partial charge < -0.3 is 4.74 Å². The Morgan fingerprint density at radius 1 is 1.00 bits per heavy atom. The molecule has 6 heteroatoms. The molecule has 3 rings (SSSR count). The van der Waals surface area contributed by atoms with Crippen molar-refractivity contribution in [2.45, 2.75) is 6.61 Å². The van der Waals surface area contributed by atoms with Crippen molar-refractivity contribution in [2.75, 3.05) is 0 Å². The molecule has 0 atom stereocenters. The van der Waals surface area contributed by atoms with Crippen LogP contribution in [-0.2, 0) is 6.61 Å². The number of rotatable bonds is 5. The summed E-state index contributed by atoms with van der Waals surface area (Å²) in [6.07, 6.45) is 1.53. The summed E-state index contributed by atoms with van der Waals surface area (Å²) < 4.78 is 19.7. The van der Waals surface area contributed by atoms with E-state index < -0.39 is 5.82 Å². The maximum absolute atomic E-state index is 14.0. The third kappa shape index (κ3) is 4.85. The summed E-state index contributed by atoms with van der Waals surface area (Å²) in [7, 11) is 0. The van der Waals surface area contributed by atoms with E-state index in [1.165, 1.54) is 18.2 Å². The average Bonchev–Trinajstić information content (AvgIpc) is 2.67. The van der Waals surface area contributed by atoms with Crippen molar-refractivity contribution in [3.63, 3.8) is 0 Å². The zero-order valence-electron chi connectivity index (χ0n) is 14.4. The highest BCUT2D eigenvalue weighted by molar-refractivity contribution is 6.37. The number of nitrogens with zero attached hydrogens (tertiary/aromatic N) is 1. The van der Waals surface area contributed by atoms with Gasteiger partial charge in [0.25, 0.3) is 0 Å². The van der Waals surface area contributed by atoms with Crippen molar-refractivity contribution >= 4 is 46.5 Å². The van der Waals surface area contributed by atoms with Crippen LogP contribution in [0.3, 0.4) is 0 Å². The fourth-order valence-corrected chi connectivity index (χ4v) is 3.29. The van der Waals surface area contributed by atoms with Gasteiger partial charge in [0.15, 0.2) is 5.75 Å². The Hall–Kier alpha value is -2.51. The van der Waals surface area contributed by atoms with Crippen LogP contribution in [0, 0.1) is 17.1 Å². The van der Waals surface area contributed by atoms with Crippen LogP contribution in [0.4, 0.5) is 4.39 Å². The summed E-state index contributed by atoms with van der Waals surface area (Å²) in [6.45, 7) is 0.268. The van der Waals surface area contributed by atoms with E-state index in [9.17, 15) is 9.65 Å². The van der Waals surface area contributed by atoms with E-state index in [-0.39, 0.29) is 17.7 Å². The summed E-state index contributed by atoms with van der Waals surface area (Å²) in [4.78, 5) is 0. The molecule has 0 fully saturated rings. The minimum absolute atomic E-state index is 0.167. The summed E-state index contributed by atoms with van der Waals surface area (Å²) in [5, 5.41) is 10.6. The van der Waals surface area contributed by atoms with Crippen LogP contribution in [0.5, 0.6) is 5.75 Å². The Bertz CT molecular complexity index is 1050. The fourth-order valence-electron chi connectivity index (χ4n) is 2.55. The number of hydrogen-bond donors (Lipinski definition) is 0. The molecular weight excluding hydrogens is 420 g/mol. The molecule has 0 radical (unpaired) electrons. The molecule has 0 aliphatic carbocycles. The third-order valence-corrected chi connectivity index (χ3v) is 4.73. The molecule has 140 valence electrons. The molecule has 28 heavy (non-hydrogen) atoms. The summed E-state index contributed by atoms with van der Waals surface area (Å²) in [6, 6.07) is 18.5. The number of allylic oxidation sites excluding steroid dienone is 1. The Labute approximate surface area is 177 Å². The van der Waals surface area contributed by atoms with Crippen molar-refractivity contribution in [2.24, 2.45) is 0 Å². The fraction of sp³-hybridized carbons (Fsp3) is 0.0455. The Kier molecular flexibility index (Phi) is 6.59. The van der Waals surface area contributed by atoms with Gasteiger partial charge in [-0.1, -0.05) is 65.1 Å². The van der Waals surface area contributed by atoms with Gasteiger partial charge in [0.1, 0.15) is 12.4 Å². The number of ether oxygens (including phenoxy) is 1. The van der Waals surface area contributed by atoms with Gasteiger partial charge in [-0.3, -0.25) is 0 Å². The van der Waals surface area contributed by atoms with Gasteiger partial charge in [-0.05, 0) is 47.5 Å². The van der Waals surface area contributed by atoms with E-state index >= 15 is 0 Å². The predicted molar refractivity (Wildman–Crippen MR) is 112 cm³/mol. The second kappa shape index (κ2) is 9.12. The smallest absolute Gasteiger partial charge is 0.157 e. The number of benzene rings is 3. The van der Waals surface area contributed by atoms with E-state index in [0.717, 1.165) is 5.56 Å². The van der Waals surface area contributed by atoms with Crippen molar-refractivity contribution in [1.29, 1.82) is 5.26 Å². The van der Waals surface area contributed by atoms with Crippen molar-refractivity contribution in [1.82, 2.24) is 0 Å². The topological polar surface area (TPSA) is 33.0 Å². The molecule has 3 aromatic rings. The van der Waals surface area contributed by atoms with Crippen LogP contribution >= 0.6 is 34.8 Å². The van der Waals surface area contributed by atoms with Gasteiger partial charge in [0.2, 0.25) is 0 Å². The molecule has 0 aliphatic rings. The largest absolute Gasteiger partial charge is 0.486 e. The van der Waals surface area contributed by atoms with Gasteiger partial charge in [-0.25, -0.2) is 4.39 Å². The van der Waals surface area contributed by atoms with E-state index in [1.807, 2.05) is 18.2 Å². The standard InChI is InChI=1S/C22H13Cl3FNO/c23-17-7-5-14(6-8-17)13-28-22-19(24)10-15(11-20(22)25)9-16(12-27)18-3-1-2-4-21(18)26/h1-11H,13H2. The van der Waals surface area contributed by atoms with E-state index in [1.54, 1.807) is 36.4 Å². The first-order valence-electron chi connectivity index (χ1n) is 8.21. The van der Waals surface area contributed by atoms with Gasteiger partial charge >= 0.3 is 0 Å². The van der Waals surface area contributed by atoms with E-state index in [0.29, 0.717) is 26.4 Å². The lowest BCUT2D eigenvalue weighted by Gasteiger charge is -2.11. The molecule has 2 nitrogen and oxygen atoms in total. The second-order valence-electron chi connectivity index (χ2n) is 5.88. The van der Waals surface area contributed by atoms with Crippen LogP contribution < -0.4 is 4.74 Å². The Balaban J connectivity index is 1.86. The molecule has 0 N–H and O–H groups in total. The second-order valence-corrected chi connectivity index (χ2v) is 7.13. The minimum Gasteiger partial charge on any atom is -0.486 e. The molecule has 0 saturated carbocycles. The van der Waals surface area contributed by atoms with Crippen LogP contribution in [0.15, 0.2) is 60.7 Å².